The average Bonchev–Trinajstić information content (AvgIpc) is 2.78. The highest BCUT2D eigenvalue weighted by Gasteiger charge is 2.35. The molecule has 28 heavy (non-hydrogen) atoms. The van der Waals surface area contributed by atoms with Crippen LogP contribution in [0.2, 0.25) is 5.02 Å². The molecule has 0 saturated heterocycles. The molecular weight excluding hydrogens is 380 g/mol. The van der Waals surface area contributed by atoms with E-state index in [1.165, 1.54) is 11.8 Å². The van der Waals surface area contributed by atoms with Crippen molar-refractivity contribution in [1.29, 1.82) is 0 Å². The molecule has 0 bridgehead atoms. The maximum absolute atomic E-state index is 13.2. The minimum absolute atomic E-state index is 0.208. The summed E-state index contributed by atoms with van der Waals surface area (Å²) in [6.07, 6.45) is -1.04. The average molecular weight is 401 g/mol. The Balaban J connectivity index is 2.20. The Morgan fingerprint density at radius 2 is 2.00 bits per heavy atom. The SMILES string of the molecule is CCOC(=O)CN1C(=O)C([C@@H](C)O)N=C(c2ccccc2)c2cc(Cl)ccc21. The third-order valence-electron chi connectivity index (χ3n) is 4.39. The van der Waals surface area contributed by atoms with Crippen LogP contribution in [0.3, 0.4) is 0 Å². The fourth-order valence-corrected chi connectivity index (χ4v) is 3.29. The maximum atomic E-state index is 13.2. The molecule has 146 valence electrons. The van der Waals surface area contributed by atoms with Gasteiger partial charge in [-0.1, -0.05) is 41.9 Å². The Morgan fingerprint density at radius 3 is 2.64 bits per heavy atom. The summed E-state index contributed by atoms with van der Waals surface area (Å²) in [5.74, 6) is -1.01. The summed E-state index contributed by atoms with van der Waals surface area (Å²) in [5, 5.41) is 10.7. The highest BCUT2D eigenvalue weighted by atomic mass is 35.5. The van der Waals surface area contributed by atoms with Crippen LogP contribution in [-0.4, -0.2) is 48.0 Å². The molecule has 1 amide bonds. The van der Waals surface area contributed by atoms with Crippen molar-refractivity contribution in [2.75, 3.05) is 18.1 Å². The molecule has 6 nitrogen and oxygen atoms in total. The lowest BCUT2D eigenvalue weighted by atomic mass is 10.00. The highest BCUT2D eigenvalue weighted by molar-refractivity contribution is 6.32. The monoisotopic (exact) mass is 400 g/mol. The summed E-state index contributed by atoms with van der Waals surface area (Å²) >= 11 is 6.22. The normalized spacial score (nSPS) is 17.4. The van der Waals surface area contributed by atoms with Crippen LogP contribution in [0, 0.1) is 0 Å². The van der Waals surface area contributed by atoms with Crippen LogP contribution in [0.4, 0.5) is 5.69 Å². The number of amides is 1. The summed E-state index contributed by atoms with van der Waals surface area (Å²) in [6, 6.07) is 13.3. The number of carbonyl (C=O) groups excluding carboxylic acids is 2. The van der Waals surface area contributed by atoms with Gasteiger partial charge in [0, 0.05) is 16.1 Å². The van der Waals surface area contributed by atoms with Gasteiger partial charge in [-0.05, 0) is 32.0 Å². The smallest absolute Gasteiger partial charge is 0.326 e. The highest BCUT2D eigenvalue weighted by Crippen LogP contribution is 2.31. The molecule has 2 aromatic carbocycles. The summed E-state index contributed by atoms with van der Waals surface area (Å²) < 4.78 is 5.02. The number of fused-ring (bicyclic) bond motifs is 1. The molecule has 0 radical (unpaired) electrons. The quantitative estimate of drug-likeness (QED) is 0.783. The molecule has 1 unspecified atom stereocenters. The lowest BCUT2D eigenvalue weighted by Gasteiger charge is -2.25. The number of halogens is 1. The third kappa shape index (κ3) is 4.08. The first-order chi connectivity index (χ1) is 13.4. The zero-order valence-electron chi connectivity index (χ0n) is 15.6. The standard InChI is InChI=1S/C21H21ClN2O4/c1-3-28-18(26)12-24-17-10-9-15(22)11-16(17)20(14-7-5-4-6-8-14)23-19(13(2)25)21(24)27/h4-11,13,19,25H,3,12H2,1-2H3/t13-,19?/m1/s1. The van der Waals surface area contributed by atoms with Crippen LogP contribution < -0.4 is 4.90 Å². The number of hydrogen-bond donors (Lipinski definition) is 1. The molecule has 0 spiro atoms. The van der Waals surface area contributed by atoms with Gasteiger partial charge >= 0.3 is 5.97 Å². The fourth-order valence-electron chi connectivity index (χ4n) is 3.11. The van der Waals surface area contributed by atoms with Gasteiger partial charge < -0.3 is 9.84 Å². The summed E-state index contributed by atoms with van der Waals surface area (Å²) in [6.45, 7) is 3.13. The Morgan fingerprint density at radius 1 is 1.29 bits per heavy atom. The van der Waals surface area contributed by atoms with Gasteiger partial charge in [0.15, 0.2) is 6.04 Å². The van der Waals surface area contributed by atoms with Crippen molar-refractivity contribution in [3.05, 3.63) is 64.7 Å². The molecule has 1 aliphatic rings. The van der Waals surface area contributed by atoms with Gasteiger partial charge in [0.2, 0.25) is 0 Å². The van der Waals surface area contributed by atoms with Crippen molar-refractivity contribution in [2.24, 2.45) is 4.99 Å². The topological polar surface area (TPSA) is 79.2 Å². The number of aliphatic hydroxyl groups excluding tert-OH is 1. The molecule has 2 aromatic rings. The molecule has 0 fully saturated rings. The lowest BCUT2D eigenvalue weighted by Crippen LogP contribution is -2.45. The molecule has 0 aromatic heterocycles. The number of ether oxygens (including phenoxy) is 1. The molecule has 1 heterocycles. The number of hydrogen-bond acceptors (Lipinski definition) is 5. The van der Waals surface area contributed by atoms with E-state index < -0.39 is 24.0 Å². The van der Waals surface area contributed by atoms with Crippen LogP contribution in [-0.2, 0) is 14.3 Å². The Hall–Kier alpha value is -2.70. The van der Waals surface area contributed by atoms with E-state index in [1.807, 2.05) is 30.3 Å². The predicted molar refractivity (Wildman–Crippen MR) is 108 cm³/mol. The van der Waals surface area contributed by atoms with Gasteiger partial charge in [-0.25, -0.2) is 0 Å². The van der Waals surface area contributed by atoms with E-state index in [9.17, 15) is 14.7 Å². The van der Waals surface area contributed by atoms with Crippen molar-refractivity contribution < 1.29 is 19.4 Å². The first kappa shape index (κ1) is 20.0. The number of rotatable bonds is 5. The van der Waals surface area contributed by atoms with Crippen molar-refractivity contribution in [3.8, 4) is 0 Å². The van der Waals surface area contributed by atoms with Gasteiger partial charge in [0.25, 0.3) is 5.91 Å². The Labute approximate surface area is 168 Å². The molecule has 0 aliphatic carbocycles. The zero-order valence-corrected chi connectivity index (χ0v) is 16.4. The second kappa shape index (κ2) is 8.54. The van der Waals surface area contributed by atoms with E-state index in [-0.39, 0.29) is 13.2 Å². The molecule has 1 N–H and O–H groups in total. The number of aliphatic hydroxyl groups is 1. The minimum Gasteiger partial charge on any atom is -0.465 e. The summed E-state index contributed by atoms with van der Waals surface area (Å²) in [4.78, 5) is 31.2. The van der Waals surface area contributed by atoms with Crippen molar-refractivity contribution in [3.63, 3.8) is 0 Å². The van der Waals surface area contributed by atoms with E-state index in [2.05, 4.69) is 4.99 Å². The van der Waals surface area contributed by atoms with Crippen LogP contribution in [0.1, 0.15) is 25.0 Å². The van der Waals surface area contributed by atoms with Gasteiger partial charge in [-0.3, -0.25) is 19.5 Å². The first-order valence-corrected chi connectivity index (χ1v) is 9.38. The van der Waals surface area contributed by atoms with Crippen LogP contribution in [0.5, 0.6) is 0 Å². The number of aliphatic imine (C=N–C) groups is 1. The zero-order chi connectivity index (χ0) is 20.3. The molecule has 7 heteroatoms. The number of benzodiazepines with no additional fused rings is 1. The van der Waals surface area contributed by atoms with Crippen LogP contribution in [0.15, 0.2) is 53.5 Å². The molecular formula is C21H21ClN2O4. The first-order valence-electron chi connectivity index (χ1n) is 9.00. The fraction of sp³-hybridized carbons (Fsp3) is 0.286. The predicted octanol–water partition coefficient (Wildman–Crippen LogP) is 2.84. The number of esters is 1. The largest absolute Gasteiger partial charge is 0.465 e. The lowest BCUT2D eigenvalue weighted by molar-refractivity contribution is -0.142. The van der Waals surface area contributed by atoms with Crippen LogP contribution >= 0.6 is 11.6 Å². The Bertz CT molecular complexity index is 912. The number of nitrogens with zero attached hydrogens (tertiary/aromatic N) is 2. The maximum Gasteiger partial charge on any atom is 0.326 e. The number of anilines is 1. The molecule has 3 rings (SSSR count). The molecule has 0 saturated carbocycles. The van der Waals surface area contributed by atoms with E-state index in [4.69, 9.17) is 16.3 Å². The van der Waals surface area contributed by atoms with Crippen LogP contribution in [0.25, 0.3) is 0 Å². The van der Waals surface area contributed by atoms with Crippen molar-refractivity contribution >= 4 is 34.9 Å². The second-order valence-corrected chi connectivity index (χ2v) is 6.86. The van der Waals surface area contributed by atoms with Crippen molar-refractivity contribution in [1.82, 2.24) is 0 Å². The van der Waals surface area contributed by atoms with E-state index in [0.717, 1.165) is 5.56 Å². The van der Waals surface area contributed by atoms with Gasteiger partial charge in [0.1, 0.15) is 6.54 Å². The third-order valence-corrected chi connectivity index (χ3v) is 4.62. The second-order valence-electron chi connectivity index (χ2n) is 6.42. The summed E-state index contributed by atoms with van der Waals surface area (Å²) in [5.41, 5.74) is 2.42. The number of benzene rings is 2. The van der Waals surface area contributed by atoms with E-state index in [0.29, 0.717) is 22.0 Å². The minimum atomic E-state index is -1.06. The van der Waals surface area contributed by atoms with Gasteiger partial charge in [-0.15, -0.1) is 0 Å². The molecule has 2 atom stereocenters. The van der Waals surface area contributed by atoms with Crippen molar-refractivity contribution in [2.45, 2.75) is 26.0 Å². The summed E-state index contributed by atoms with van der Waals surface area (Å²) in [7, 11) is 0. The van der Waals surface area contributed by atoms with Gasteiger partial charge in [0.05, 0.1) is 24.1 Å². The van der Waals surface area contributed by atoms with Gasteiger partial charge in [-0.2, -0.15) is 0 Å². The molecule has 1 aliphatic heterocycles. The number of carbonyl (C=O) groups is 2. The van der Waals surface area contributed by atoms with E-state index in [1.54, 1.807) is 25.1 Å². The Kier molecular flexibility index (Phi) is 6.11. The van der Waals surface area contributed by atoms with E-state index >= 15 is 0 Å².